The average Bonchev–Trinajstić information content (AvgIpc) is 2.73. The average molecular weight is 423 g/mol. The molecule has 2 rings (SSSR count). The Kier molecular flexibility index (Phi) is 8.29. The number of alkyl halides is 3. The first-order valence-electron chi connectivity index (χ1n) is 8.93. The van der Waals surface area contributed by atoms with Gasteiger partial charge < -0.3 is 19.5 Å². The number of hydrogen-bond donors (Lipinski definition) is 1. The zero-order valence-corrected chi connectivity index (χ0v) is 16.2. The van der Waals surface area contributed by atoms with E-state index >= 15 is 0 Å². The van der Waals surface area contributed by atoms with Crippen LogP contribution in [-0.2, 0) is 11.3 Å². The first-order chi connectivity index (χ1) is 14.3. The van der Waals surface area contributed by atoms with E-state index in [1.807, 2.05) is 6.07 Å². The number of methoxy groups -OCH3 is 1. The Balaban J connectivity index is 1.77. The highest BCUT2D eigenvalue weighted by molar-refractivity contribution is 5.75. The third-order valence-electron chi connectivity index (χ3n) is 3.80. The van der Waals surface area contributed by atoms with Gasteiger partial charge in [0.05, 0.1) is 25.3 Å². The maximum atomic E-state index is 12.3. The molecule has 7 nitrogen and oxygen atoms in total. The molecule has 0 spiro atoms. The number of carbonyl (C=O) groups excluding carboxylic acids is 1. The highest BCUT2D eigenvalue weighted by atomic mass is 19.4. The highest BCUT2D eigenvalue weighted by Gasteiger charge is 2.29. The number of nitrogens with one attached hydrogen (secondary N) is 1. The number of rotatable bonds is 10. The number of carbonyl (C=O) groups is 1. The lowest BCUT2D eigenvalue weighted by Gasteiger charge is -2.13. The number of amides is 1. The monoisotopic (exact) mass is 423 g/mol. The van der Waals surface area contributed by atoms with Crippen molar-refractivity contribution in [2.24, 2.45) is 0 Å². The van der Waals surface area contributed by atoms with Crippen molar-refractivity contribution >= 4 is 5.91 Å². The van der Waals surface area contributed by atoms with Crippen LogP contribution in [0.4, 0.5) is 13.2 Å². The maximum Gasteiger partial charge on any atom is 0.422 e. The number of nitrogens with zero attached hydrogens (tertiary/aromatic N) is 2. The topological polar surface area (TPSA) is 93.5 Å². The van der Waals surface area contributed by atoms with E-state index in [1.54, 1.807) is 24.3 Å². The maximum absolute atomic E-state index is 12.3. The fraction of sp³-hybridized carbons (Fsp3) is 0.350. The zero-order chi connectivity index (χ0) is 22.0. The third kappa shape index (κ3) is 7.50. The summed E-state index contributed by atoms with van der Waals surface area (Å²) < 4.78 is 52.4. The molecule has 0 aliphatic carbocycles. The number of hydrogen-bond acceptors (Lipinski definition) is 6. The Morgan fingerprint density at radius 2 is 2.03 bits per heavy atom. The first kappa shape index (κ1) is 22.8. The van der Waals surface area contributed by atoms with E-state index in [2.05, 4.69) is 15.0 Å². The summed E-state index contributed by atoms with van der Waals surface area (Å²) in [4.78, 5) is 15.8. The van der Waals surface area contributed by atoms with Gasteiger partial charge in [-0.05, 0) is 24.6 Å². The number of benzene rings is 1. The third-order valence-corrected chi connectivity index (χ3v) is 3.80. The SMILES string of the molecule is COc1cc(C#N)ccc1OCCCC(=O)NCc1cccnc1OCC(F)(F)F. The summed E-state index contributed by atoms with van der Waals surface area (Å²) in [5.41, 5.74) is 0.779. The minimum Gasteiger partial charge on any atom is -0.493 e. The van der Waals surface area contributed by atoms with Crippen molar-refractivity contribution in [1.82, 2.24) is 10.3 Å². The largest absolute Gasteiger partial charge is 0.493 e. The molecule has 0 aliphatic rings. The summed E-state index contributed by atoms with van der Waals surface area (Å²) >= 11 is 0. The van der Waals surface area contributed by atoms with Crippen LogP contribution in [0.25, 0.3) is 0 Å². The van der Waals surface area contributed by atoms with Gasteiger partial charge in [-0.2, -0.15) is 18.4 Å². The normalized spacial score (nSPS) is 10.8. The van der Waals surface area contributed by atoms with Gasteiger partial charge in [0, 0.05) is 30.8 Å². The van der Waals surface area contributed by atoms with E-state index < -0.39 is 12.8 Å². The van der Waals surface area contributed by atoms with Crippen LogP contribution in [0.2, 0.25) is 0 Å². The molecule has 1 amide bonds. The van der Waals surface area contributed by atoms with Crippen LogP contribution in [0.3, 0.4) is 0 Å². The molecule has 1 heterocycles. The molecule has 0 bridgehead atoms. The van der Waals surface area contributed by atoms with E-state index in [9.17, 15) is 18.0 Å². The minimum absolute atomic E-state index is 0.00976. The lowest BCUT2D eigenvalue weighted by Crippen LogP contribution is -2.24. The first-order valence-corrected chi connectivity index (χ1v) is 8.93. The molecule has 1 aromatic heterocycles. The fourth-order valence-electron chi connectivity index (χ4n) is 2.39. The molecular weight excluding hydrogens is 403 g/mol. The quantitative estimate of drug-likeness (QED) is 0.589. The van der Waals surface area contributed by atoms with Gasteiger partial charge >= 0.3 is 6.18 Å². The van der Waals surface area contributed by atoms with Gasteiger partial charge in [0.2, 0.25) is 11.8 Å². The molecule has 0 aliphatic heterocycles. The number of nitriles is 1. The summed E-state index contributed by atoms with van der Waals surface area (Å²) in [6.45, 7) is -1.23. The van der Waals surface area contributed by atoms with Gasteiger partial charge in [0.1, 0.15) is 0 Å². The Morgan fingerprint density at radius 3 is 2.73 bits per heavy atom. The Morgan fingerprint density at radius 1 is 1.23 bits per heavy atom. The Labute approximate surface area is 171 Å². The molecule has 160 valence electrons. The van der Waals surface area contributed by atoms with Crippen molar-refractivity contribution < 1.29 is 32.2 Å². The Bertz CT molecular complexity index is 898. The van der Waals surface area contributed by atoms with Crippen LogP contribution in [0.5, 0.6) is 17.4 Å². The molecule has 1 N–H and O–H groups in total. The number of halogens is 3. The molecule has 10 heteroatoms. The van der Waals surface area contributed by atoms with Gasteiger partial charge in [-0.1, -0.05) is 6.07 Å². The second-order valence-corrected chi connectivity index (χ2v) is 6.08. The van der Waals surface area contributed by atoms with E-state index in [4.69, 9.17) is 14.7 Å². The second kappa shape index (κ2) is 10.9. The van der Waals surface area contributed by atoms with Gasteiger partial charge in [-0.25, -0.2) is 4.98 Å². The van der Waals surface area contributed by atoms with Crippen LogP contribution in [0, 0.1) is 11.3 Å². The van der Waals surface area contributed by atoms with Gasteiger partial charge in [0.15, 0.2) is 18.1 Å². The molecular formula is C20H20F3N3O4. The molecule has 0 radical (unpaired) electrons. The van der Waals surface area contributed by atoms with Crippen LogP contribution in [-0.4, -0.2) is 37.4 Å². The number of pyridine rings is 1. The summed E-state index contributed by atoms with van der Waals surface area (Å²) in [7, 11) is 1.46. The molecule has 30 heavy (non-hydrogen) atoms. The van der Waals surface area contributed by atoms with E-state index in [1.165, 1.54) is 19.4 Å². The summed E-state index contributed by atoms with van der Waals surface area (Å²) in [6, 6.07) is 9.83. The van der Waals surface area contributed by atoms with Crippen molar-refractivity contribution in [3.8, 4) is 23.4 Å². The molecule has 0 fully saturated rings. The van der Waals surface area contributed by atoms with E-state index in [0.29, 0.717) is 29.0 Å². The van der Waals surface area contributed by atoms with Crippen molar-refractivity contribution in [3.63, 3.8) is 0 Å². The van der Waals surface area contributed by atoms with Crippen LogP contribution in [0.15, 0.2) is 36.5 Å². The van der Waals surface area contributed by atoms with E-state index in [0.717, 1.165) is 0 Å². The van der Waals surface area contributed by atoms with Crippen LogP contribution in [0.1, 0.15) is 24.0 Å². The minimum atomic E-state index is -4.48. The van der Waals surface area contributed by atoms with Crippen LogP contribution < -0.4 is 19.5 Å². The highest BCUT2D eigenvalue weighted by Crippen LogP contribution is 2.28. The standard InChI is InChI=1S/C20H20F3N3O4/c1-28-17-10-14(11-24)6-7-16(17)29-9-3-5-18(27)26-12-15-4-2-8-25-19(15)30-13-20(21,22)23/h2,4,6-8,10H,3,5,9,12-13H2,1H3,(H,26,27). The molecule has 0 atom stereocenters. The summed E-state index contributed by atoms with van der Waals surface area (Å²) in [6.07, 6.45) is -2.61. The molecule has 0 unspecified atom stereocenters. The second-order valence-electron chi connectivity index (χ2n) is 6.08. The van der Waals surface area contributed by atoms with Crippen molar-refractivity contribution in [1.29, 1.82) is 5.26 Å². The van der Waals surface area contributed by atoms with Gasteiger partial charge in [0.25, 0.3) is 0 Å². The van der Waals surface area contributed by atoms with Crippen LogP contribution >= 0.6 is 0 Å². The lowest BCUT2D eigenvalue weighted by atomic mass is 10.2. The van der Waals surface area contributed by atoms with Gasteiger partial charge in [-0.3, -0.25) is 4.79 Å². The number of aromatic nitrogens is 1. The van der Waals surface area contributed by atoms with E-state index in [-0.39, 0.29) is 31.4 Å². The predicted octanol–water partition coefficient (Wildman–Crippen LogP) is 3.38. The molecule has 2 aromatic rings. The molecule has 1 aromatic carbocycles. The van der Waals surface area contributed by atoms with Crippen molar-refractivity contribution in [2.45, 2.75) is 25.6 Å². The summed E-state index contributed by atoms with van der Waals surface area (Å²) in [5, 5.41) is 11.5. The smallest absolute Gasteiger partial charge is 0.422 e. The zero-order valence-electron chi connectivity index (χ0n) is 16.2. The predicted molar refractivity (Wildman–Crippen MR) is 100 cm³/mol. The van der Waals surface area contributed by atoms with Crippen molar-refractivity contribution in [3.05, 3.63) is 47.7 Å². The summed E-state index contributed by atoms with van der Waals surface area (Å²) in [5.74, 6) is 0.405. The fourth-order valence-corrected chi connectivity index (χ4v) is 2.39. The molecule has 0 saturated heterocycles. The van der Waals surface area contributed by atoms with Gasteiger partial charge in [-0.15, -0.1) is 0 Å². The van der Waals surface area contributed by atoms with Crippen molar-refractivity contribution in [2.75, 3.05) is 20.3 Å². The Hall–Kier alpha value is -3.48. The lowest BCUT2D eigenvalue weighted by molar-refractivity contribution is -0.154. The number of ether oxygens (including phenoxy) is 3. The molecule has 0 saturated carbocycles.